The van der Waals surface area contributed by atoms with Crippen molar-refractivity contribution in [2.45, 2.75) is 19.9 Å². The Hall–Kier alpha value is -3.71. The normalized spacial score (nSPS) is 11.2. The zero-order valence-corrected chi connectivity index (χ0v) is 18.7. The Labute approximate surface area is 193 Å². The molecule has 1 atom stereocenters. The molecule has 32 heavy (non-hydrogen) atoms. The van der Waals surface area contributed by atoms with Crippen LogP contribution in [0, 0.1) is 0 Å². The molecule has 3 N–H and O–H groups in total. The fraction of sp³-hybridized carbons (Fsp3) is 0.160. The van der Waals surface area contributed by atoms with Crippen molar-refractivity contribution in [2.75, 3.05) is 11.9 Å². The molecule has 1 unspecified atom stereocenters. The number of amides is 2. The summed E-state index contributed by atoms with van der Waals surface area (Å²) in [5, 5.41) is 8.67. The van der Waals surface area contributed by atoms with Crippen molar-refractivity contribution in [2.24, 2.45) is 0 Å². The van der Waals surface area contributed by atoms with Crippen LogP contribution in [0.1, 0.15) is 46.2 Å². The van der Waals surface area contributed by atoms with Crippen LogP contribution in [0.15, 0.2) is 78.9 Å². The van der Waals surface area contributed by atoms with Crippen LogP contribution < -0.4 is 20.7 Å². The first-order valence-corrected chi connectivity index (χ1v) is 10.7. The minimum absolute atomic E-state index is 0.0974. The Morgan fingerprint density at radius 3 is 2.25 bits per heavy atom. The molecule has 7 heteroatoms. The predicted octanol–water partition coefficient (Wildman–Crippen LogP) is 4.70. The molecule has 0 saturated heterocycles. The number of thiocarbonyl (C=S) groups is 1. The summed E-state index contributed by atoms with van der Waals surface area (Å²) >= 11 is 5.29. The Bertz CT molecular complexity index is 1090. The maximum absolute atomic E-state index is 12.9. The maximum atomic E-state index is 12.9. The van der Waals surface area contributed by atoms with Crippen LogP contribution in [0.25, 0.3) is 0 Å². The lowest BCUT2D eigenvalue weighted by molar-refractivity contribution is 0.0939. The van der Waals surface area contributed by atoms with Gasteiger partial charge in [-0.3, -0.25) is 14.9 Å². The van der Waals surface area contributed by atoms with Crippen LogP contribution >= 0.6 is 12.2 Å². The van der Waals surface area contributed by atoms with Crippen LogP contribution in [-0.2, 0) is 0 Å². The van der Waals surface area contributed by atoms with Gasteiger partial charge < -0.3 is 15.4 Å². The van der Waals surface area contributed by atoms with Crippen molar-refractivity contribution in [1.29, 1.82) is 0 Å². The molecule has 164 valence electrons. The third-order valence-corrected chi connectivity index (χ3v) is 4.93. The van der Waals surface area contributed by atoms with Gasteiger partial charge >= 0.3 is 0 Å². The van der Waals surface area contributed by atoms with Crippen molar-refractivity contribution in [3.63, 3.8) is 0 Å². The lowest BCUT2D eigenvalue weighted by Gasteiger charge is -2.17. The van der Waals surface area contributed by atoms with Crippen molar-refractivity contribution < 1.29 is 14.3 Å². The molecule has 0 fully saturated rings. The van der Waals surface area contributed by atoms with Gasteiger partial charge in [0, 0.05) is 5.56 Å². The van der Waals surface area contributed by atoms with Crippen molar-refractivity contribution in [3.8, 4) is 5.75 Å². The Kier molecular flexibility index (Phi) is 7.94. The first-order chi connectivity index (χ1) is 15.5. The first-order valence-electron chi connectivity index (χ1n) is 10.3. The highest BCUT2D eigenvalue weighted by Gasteiger charge is 2.16. The molecule has 0 bridgehead atoms. The monoisotopic (exact) mass is 447 g/mol. The van der Waals surface area contributed by atoms with Crippen LogP contribution in [0.3, 0.4) is 0 Å². The van der Waals surface area contributed by atoms with E-state index in [4.69, 9.17) is 17.0 Å². The topological polar surface area (TPSA) is 79.5 Å². The summed E-state index contributed by atoms with van der Waals surface area (Å²) in [6.07, 6.45) is 0. The molecule has 3 aromatic carbocycles. The zero-order valence-electron chi connectivity index (χ0n) is 17.9. The number of rotatable bonds is 7. The van der Waals surface area contributed by atoms with E-state index in [-0.39, 0.29) is 23.0 Å². The highest BCUT2D eigenvalue weighted by atomic mass is 32.1. The minimum atomic E-state index is -0.356. The van der Waals surface area contributed by atoms with Gasteiger partial charge in [-0.15, -0.1) is 0 Å². The van der Waals surface area contributed by atoms with Gasteiger partial charge in [0.15, 0.2) is 5.11 Å². The lowest BCUT2D eigenvalue weighted by Crippen LogP contribution is -2.35. The van der Waals surface area contributed by atoms with E-state index in [1.807, 2.05) is 44.2 Å². The van der Waals surface area contributed by atoms with E-state index in [2.05, 4.69) is 16.0 Å². The summed E-state index contributed by atoms with van der Waals surface area (Å²) in [6, 6.07) is 23.3. The number of hydrogen-bond donors (Lipinski definition) is 3. The van der Waals surface area contributed by atoms with Crippen LogP contribution in [0.5, 0.6) is 5.75 Å². The third kappa shape index (κ3) is 6.15. The van der Waals surface area contributed by atoms with Crippen molar-refractivity contribution in [3.05, 3.63) is 95.6 Å². The van der Waals surface area contributed by atoms with E-state index >= 15 is 0 Å². The third-order valence-electron chi connectivity index (χ3n) is 4.72. The average molecular weight is 448 g/mol. The Morgan fingerprint density at radius 2 is 1.56 bits per heavy atom. The number of para-hydroxylation sites is 1. The molecule has 0 aliphatic heterocycles. The molecular formula is C25H25N3O3S. The molecule has 3 rings (SSSR count). The zero-order chi connectivity index (χ0) is 22.9. The number of benzene rings is 3. The van der Waals surface area contributed by atoms with E-state index in [9.17, 15) is 9.59 Å². The van der Waals surface area contributed by atoms with Crippen molar-refractivity contribution in [1.82, 2.24) is 10.6 Å². The van der Waals surface area contributed by atoms with Crippen LogP contribution in [0.4, 0.5) is 5.69 Å². The number of carbonyl (C=O) groups is 2. The van der Waals surface area contributed by atoms with Gasteiger partial charge in [0.2, 0.25) is 0 Å². The largest absolute Gasteiger partial charge is 0.494 e. The van der Waals surface area contributed by atoms with Gasteiger partial charge in [0.05, 0.1) is 23.9 Å². The Balaban J connectivity index is 1.64. The van der Waals surface area contributed by atoms with Crippen LogP contribution in [0.2, 0.25) is 0 Å². The van der Waals surface area contributed by atoms with Gasteiger partial charge in [-0.1, -0.05) is 42.5 Å². The van der Waals surface area contributed by atoms with Gasteiger partial charge in [-0.25, -0.2) is 0 Å². The second-order valence-electron chi connectivity index (χ2n) is 7.02. The summed E-state index contributed by atoms with van der Waals surface area (Å²) < 4.78 is 5.38. The number of carbonyl (C=O) groups excluding carboxylic acids is 2. The van der Waals surface area contributed by atoms with Gasteiger partial charge in [0.25, 0.3) is 11.8 Å². The van der Waals surface area contributed by atoms with Gasteiger partial charge in [-0.2, -0.15) is 0 Å². The van der Waals surface area contributed by atoms with E-state index < -0.39 is 0 Å². The number of nitrogens with one attached hydrogen (secondary N) is 3. The average Bonchev–Trinajstić information content (AvgIpc) is 2.80. The number of anilines is 1. The summed E-state index contributed by atoms with van der Waals surface area (Å²) in [7, 11) is 0. The maximum Gasteiger partial charge on any atom is 0.257 e. The van der Waals surface area contributed by atoms with E-state index in [1.54, 1.807) is 48.5 Å². The highest BCUT2D eigenvalue weighted by molar-refractivity contribution is 7.80. The standard InChI is InChI=1S/C25H25N3O3S/c1-3-31-20-15-13-19(14-16-20)23(29)28-25(32)27-22-12-8-7-11-21(22)24(30)26-17(2)18-9-5-4-6-10-18/h4-17H,3H2,1-2H3,(H,26,30)(H2,27,28,29,32). The molecule has 0 aliphatic rings. The predicted molar refractivity (Wildman–Crippen MR) is 130 cm³/mol. The lowest BCUT2D eigenvalue weighted by atomic mass is 10.1. The van der Waals surface area contributed by atoms with Crippen LogP contribution in [-0.4, -0.2) is 23.5 Å². The Morgan fingerprint density at radius 1 is 0.906 bits per heavy atom. The summed E-state index contributed by atoms with van der Waals surface area (Å²) in [5.74, 6) is 0.0877. The summed E-state index contributed by atoms with van der Waals surface area (Å²) in [6.45, 7) is 4.37. The molecule has 0 radical (unpaired) electrons. The first kappa shape index (κ1) is 23.0. The molecule has 2 amide bonds. The van der Waals surface area contributed by atoms with E-state index in [0.29, 0.717) is 29.2 Å². The van der Waals surface area contributed by atoms with Crippen molar-refractivity contribution >= 4 is 34.8 Å². The molecule has 3 aromatic rings. The van der Waals surface area contributed by atoms with E-state index in [0.717, 1.165) is 5.56 Å². The smallest absolute Gasteiger partial charge is 0.257 e. The fourth-order valence-corrected chi connectivity index (χ4v) is 3.29. The van der Waals surface area contributed by atoms with Gasteiger partial charge in [0.1, 0.15) is 5.75 Å². The molecule has 6 nitrogen and oxygen atoms in total. The highest BCUT2D eigenvalue weighted by Crippen LogP contribution is 2.18. The van der Waals surface area contributed by atoms with Gasteiger partial charge in [-0.05, 0) is 68.0 Å². The molecule has 0 aliphatic carbocycles. The summed E-state index contributed by atoms with van der Waals surface area (Å²) in [5.41, 5.74) is 2.37. The summed E-state index contributed by atoms with van der Waals surface area (Å²) in [4.78, 5) is 25.3. The second kappa shape index (κ2) is 11.1. The quantitative estimate of drug-likeness (QED) is 0.458. The molecular weight excluding hydrogens is 422 g/mol. The molecule has 0 heterocycles. The molecule has 0 saturated carbocycles. The minimum Gasteiger partial charge on any atom is -0.494 e. The molecule has 0 aromatic heterocycles. The van der Waals surface area contributed by atoms with E-state index in [1.165, 1.54) is 0 Å². The number of ether oxygens (including phenoxy) is 1. The molecule has 0 spiro atoms. The number of hydrogen-bond acceptors (Lipinski definition) is 4. The SMILES string of the molecule is CCOc1ccc(C(=O)NC(=S)Nc2ccccc2C(=O)NC(C)c2ccccc2)cc1. The fourth-order valence-electron chi connectivity index (χ4n) is 3.09. The second-order valence-corrected chi connectivity index (χ2v) is 7.43.